The quantitative estimate of drug-likeness (QED) is 0.375. The van der Waals surface area contributed by atoms with Gasteiger partial charge in [0.15, 0.2) is 0 Å². The maximum Gasteiger partial charge on any atom is 0.263 e. The van der Waals surface area contributed by atoms with Crippen molar-refractivity contribution in [1.82, 2.24) is 15.0 Å². The highest BCUT2D eigenvalue weighted by Crippen LogP contribution is 2.35. The van der Waals surface area contributed by atoms with Crippen molar-refractivity contribution in [3.8, 4) is 11.1 Å². The van der Waals surface area contributed by atoms with Crippen LogP contribution in [0.4, 0.5) is 0 Å². The number of halogens is 1. The molecule has 2 aromatic heterocycles. The Kier molecular flexibility index (Phi) is 5.74. The highest BCUT2D eigenvalue weighted by Gasteiger charge is 2.17. The molecule has 0 atom stereocenters. The van der Waals surface area contributed by atoms with Crippen LogP contribution in [0, 0.1) is 6.92 Å². The molecule has 0 radical (unpaired) electrons. The number of aryl methyl sites for hydroxylation is 1. The van der Waals surface area contributed by atoms with E-state index in [-0.39, 0.29) is 12.1 Å². The summed E-state index contributed by atoms with van der Waals surface area (Å²) in [7, 11) is 0. The maximum atomic E-state index is 13.1. The molecule has 6 nitrogen and oxygen atoms in total. The Labute approximate surface area is 181 Å². The van der Waals surface area contributed by atoms with Gasteiger partial charge >= 0.3 is 0 Å². The third-order valence-corrected chi connectivity index (χ3v) is 5.77. The number of rotatable bonds is 5. The Morgan fingerprint density at radius 1 is 1.20 bits per heavy atom. The summed E-state index contributed by atoms with van der Waals surface area (Å²) in [5.41, 5.74) is 4.79. The van der Waals surface area contributed by atoms with E-state index >= 15 is 0 Å². The number of thiophene rings is 1. The summed E-state index contributed by atoms with van der Waals surface area (Å²) in [6, 6.07) is 16.7. The molecule has 0 aliphatic rings. The maximum absolute atomic E-state index is 13.1. The first-order chi connectivity index (χ1) is 14.5. The number of hydrogen-bond donors (Lipinski definition) is 1. The molecule has 4 aromatic rings. The van der Waals surface area contributed by atoms with Gasteiger partial charge in [0.05, 0.1) is 17.9 Å². The molecule has 2 heterocycles. The van der Waals surface area contributed by atoms with E-state index in [9.17, 15) is 9.59 Å². The normalized spacial score (nSPS) is 11.3. The summed E-state index contributed by atoms with van der Waals surface area (Å²) in [6.07, 6.45) is 2.91. The van der Waals surface area contributed by atoms with E-state index in [4.69, 9.17) is 11.6 Å². The largest absolute Gasteiger partial charge is 0.289 e. The molecule has 0 saturated carbocycles. The summed E-state index contributed by atoms with van der Waals surface area (Å²) >= 11 is 7.31. The van der Waals surface area contributed by atoms with Crippen LogP contribution in [0.5, 0.6) is 0 Å². The predicted octanol–water partition coefficient (Wildman–Crippen LogP) is 4.24. The van der Waals surface area contributed by atoms with Gasteiger partial charge in [-0.05, 0) is 30.2 Å². The van der Waals surface area contributed by atoms with Crippen molar-refractivity contribution < 1.29 is 4.79 Å². The zero-order valence-corrected chi connectivity index (χ0v) is 17.6. The van der Waals surface area contributed by atoms with Crippen LogP contribution in [0.1, 0.15) is 10.4 Å². The highest BCUT2D eigenvalue weighted by molar-refractivity contribution is 7.19. The number of nitrogens with zero attached hydrogens (tertiary/aromatic N) is 3. The number of fused-ring (bicyclic) bond motifs is 1. The van der Waals surface area contributed by atoms with E-state index in [2.05, 4.69) is 15.5 Å². The van der Waals surface area contributed by atoms with Crippen LogP contribution in [0.3, 0.4) is 0 Å². The topological polar surface area (TPSA) is 76.3 Å². The van der Waals surface area contributed by atoms with Crippen LogP contribution in [0.2, 0.25) is 5.02 Å². The van der Waals surface area contributed by atoms with E-state index in [1.807, 2.05) is 37.3 Å². The Balaban J connectivity index is 1.57. The SMILES string of the molecule is Cc1sc2ncn(CC(=O)N/N=C\c3ccc(Cl)cc3)c(=O)c2c1-c1ccccc1. The van der Waals surface area contributed by atoms with Crippen LogP contribution in [0.15, 0.2) is 70.8 Å². The number of aromatic nitrogens is 2. The fourth-order valence-electron chi connectivity index (χ4n) is 3.12. The first-order valence-corrected chi connectivity index (χ1v) is 10.3. The summed E-state index contributed by atoms with van der Waals surface area (Å²) in [6.45, 7) is 1.79. The molecule has 1 amide bonds. The van der Waals surface area contributed by atoms with Crippen LogP contribution in [-0.4, -0.2) is 21.7 Å². The van der Waals surface area contributed by atoms with E-state index in [0.717, 1.165) is 21.6 Å². The monoisotopic (exact) mass is 436 g/mol. The fraction of sp³-hybridized carbons (Fsp3) is 0.0909. The fourth-order valence-corrected chi connectivity index (χ4v) is 4.25. The third kappa shape index (κ3) is 4.17. The number of carbonyl (C=O) groups is 1. The van der Waals surface area contributed by atoms with Crippen LogP contribution in [-0.2, 0) is 11.3 Å². The van der Waals surface area contributed by atoms with Crippen LogP contribution in [0.25, 0.3) is 21.3 Å². The lowest BCUT2D eigenvalue weighted by atomic mass is 10.0. The first kappa shape index (κ1) is 20.0. The predicted molar refractivity (Wildman–Crippen MR) is 121 cm³/mol. The van der Waals surface area contributed by atoms with Gasteiger partial charge in [0.1, 0.15) is 11.4 Å². The zero-order chi connectivity index (χ0) is 21.1. The number of hydrogen-bond acceptors (Lipinski definition) is 5. The number of amides is 1. The molecule has 0 aliphatic heterocycles. The smallest absolute Gasteiger partial charge is 0.263 e. The Morgan fingerprint density at radius 3 is 2.67 bits per heavy atom. The second-order valence-corrected chi connectivity index (χ2v) is 8.24. The summed E-state index contributed by atoms with van der Waals surface area (Å²) < 4.78 is 1.30. The molecule has 30 heavy (non-hydrogen) atoms. The minimum Gasteiger partial charge on any atom is -0.289 e. The average molecular weight is 437 g/mol. The molecule has 4 rings (SSSR count). The first-order valence-electron chi connectivity index (χ1n) is 9.14. The van der Waals surface area contributed by atoms with Gasteiger partial charge in [-0.3, -0.25) is 14.2 Å². The molecule has 0 bridgehead atoms. The van der Waals surface area contributed by atoms with Gasteiger partial charge in [-0.2, -0.15) is 5.10 Å². The van der Waals surface area contributed by atoms with Crippen molar-refractivity contribution in [2.24, 2.45) is 5.10 Å². The number of nitrogens with one attached hydrogen (secondary N) is 1. The number of hydrazone groups is 1. The molecule has 1 N–H and O–H groups in total. The van der Waals surface area contributed by atoms with Gasteiger partial charge in [0, 0.05) is 15.5 Å². The Morgan fingerprint density at radius 2 is 1.93 bits per heavy atom. The molecule has 0 fully saturated rings. The van der Waals surface area contributed by atoms with Crippen molar-refractivity contribution in [2.45, 2.75) is 13.5 Å². The summed E-state index contributed by atoms with van der Waals surface area (Å²) in [5, 5.41) is 5.08. The van der Waals surface area contributed by atoms with E-state index in [0.29, 0.717) is 15.2 Å². The summed E-state index contributed by atoms with van der Waals surface area (Å²) in [5.74, 6) is -0.420. The molecule has 0 unspecified atom stereocenters. The van der Waals surface area contributed by atoms with Crippen LogP contribution >= 0.6 is 22.9 Å². The van der Waals surface area contributed by atoms with Gasteiger partial charge in [-0.15, -0.1) is 11.3 Å². The van der Waals surface area contributed by atoms with Crippen molar-refractivity contribution in [1.29, 1.82) is 0 Å². The third-order valence-electron chi connectivity index (χ3n) is 4.50. The van der Waals surface area contributed by atoms with Gasteiger partial charge in [0.2, 0.25) is 0 Å². The minimum atomic E-state index is -0.420. The lowest BCUT2D eigenvalue weighted by Crippen LogP contribution is -2.30. The van der Waals surface area contributed by atoms with E-state index in [1.165, 1.54) is 28.4 Å². The molecule has 150 valence electrons. The second-order valence-electron chi connectivity index (χ2n) is 6.60. The summed E-state index contributed by atoms with van der Waals surface area (Å²) in [4.78, 5) is 31.4. The van der Waals surface area contributed by atoms with Gasteiger partial charge in [-0.25, -0.2) is 10.4 Å². The zero-order valence-electron chi connectivity index (χ0n) is 16.0. The van der Waals surface area contributed by atoms with Crippen molar-refractivity contribution in [3.05, 3.63) is 86.7 Å². The molecule has 2 aromatic carbocycles. The van der Waals surface area contributed by atoms with Crippen molar-refractivity contribution in [3.63, 3.8) is 0 Å². The minimum absolute atomic E-state index is 0.178. The van der Waals surface area contributed by atoms with Gasteiger partial charge in [-0.1, -0.05) is 54.1 Å². The molecule has 0 aliphatic carbocycles. The van der Waals surface area contributed by atoms with Crippen molar-refractivity contribution >= 4 is 45.3 Å². The average Bonchev–Trinajstić information content (AvgIpc) is 3.09. The highest BCUT2D eigenvalue weighted by atomic mass is 35.5. The number of benzene rings is 2. The van der Waals surface area contributed by atoms with Crippen LogP contribution < -0.4 is 11.0 Å². The molecule has 8 heteroatoms. The molecule has 0 spiro atoms. The molecular weight excluding hydrogens is 420 g/mol. The van der Waals surface area contributed by atoms with Gasteiger partial charge < -0.3 is 0 Å². The van der Waals surface area contributed by atoms with E-state index < -0.39 is 5.91 Å². The Bertz CT molecular complexity index is 1290. The number of carbonyl (C=O) groups excluding carboxylic acids is 1. The Hall–Kier alpha value is -3.29. The van der Waals surface area contributed by atoms with E-state index in [1.54, 1.807) is 24.3 Å². The molecule has 0 saturated heterocycles. The van der Waals surface area contributed by atoms with Crippen molar-refractivity contribution in [2.75, 3.05) is 0 Å². The second kappa shape index (κ2) is 8.61. The standard InChI is InChI=1S/C22H17ClN4O2S/c1-14-19(16-5-3-2-4-6-16)20-21(30-14)24-13-27(22(20)29)12-18(28)26-25-11-15-7-9-17(23)10-8-15/h2-11,13H,12H2,1H3,(H,26,28)/b25-11-. The van der Waals surface area contributed by atoms with Gasteiger partial charge in [0.25, 0.3) is 11.5 Å². The molecular formula is C22H17ClN4O2S. The lowest BCUT2D eigenvalue weighted by Gasteiger charge is -2.06. The lowest BCUT2D eigenvalue weighted by molar-refractivity contribution is -0.121.